The van der Waals surface area contributed by atoms with Gasteiger partial charge in [0.05, 0.1) is 5.56 Å². The normalized spacial score (nSPS) is 10.4. The molecule has 2 aromatic rings. The van der Waals surface area contributed by atoms with E-state index in [0.717, 1.165) is 6.07 Å². The van der Waals surface area contributed by atoms with Crippen molar-refractivity contribution in [2.75, 3.05) is 0 Å². The summed E-state index contributed by atoms with van der Waals surface area (Å²) in [5.74, 6) is -0.933. The van der Waals surface area contributed by atoms with E-state index in [1.807, 2.05) is 0 Å². The molecule has 0 amide bonds. The number of rotatable bonds is 3. The quantitative estimate of drug-likeness (QED) is 0.755. The fourth-order valence-electron chi connectivity index (χ4n) is 1.63. The second-order valence-corrected chi connectivity index (χ2v) is 4.66. The van der Waals surface area contributed by atoms with Crippen LogP contribution in [0.3, 0.4) is 0 Å². The molecular formula is C14H9Cl2FO. The minimum atomic E-state index is -0.612. The Bertz CT molecular complexity index is 596. The molecule has 2 rings (SSSR count). The number of ketones is 1. The van der Waals surface area contributed by atoms with Gasteiger partial charge in [-0.05, 0) is 29.8 Å². The van der Waals surface area contributed by atoms with Crippen molar-refractivity contribution in [3.63, 3.8) is 0 Å². The van der Waals surface area contributed by atoms with Crippen LogP contribution in [0.4, 0.5) is 4.39 Å². The molecule has 0 saturated carbocycles. The molecule has 0 aromatic heterocycles. The molecule has 0 N–H and O–H groups in total. The minimum absolute atomic E-state index is 0.0271. The average molecular weight is 283 g/mol. The van der Waals surface area contributed by atoms with E-state index in [9.17, 15) is 9.18 Å². The highest BCUT2D eigenvalue weighted by Crippen LogP contribution is 2.20. The van der Waals surface area contributed by atoms with Crippen molar-refractivity contribution >= 4 is 29.0 Å². The molecule has 0 unspecified atom stereocenters. The van der Waals surface area contributed by atoms with Crippen LogP contribution in [0, 0.1) is 5.82 Å². The molecule has 4 heteroatoms. The smallest absolute Gasteiger partial charge is 0.170 e. The predicted octanol–water partition coefficient (Wildman–Crippen LogP) is 4.56. The average Bonchev–Trinajstić information content (AvgIpc) is 2.32. The SMILES string of the molecule is O=C(Cc1ccccc1Cl)c1ccc(Cl)cc1F. The van der Waals surface area contributed by atoms with Gasteiger partial charge in [0.2, 0.25) is 0 Å². The lowest BCUT2D eigenvalue weighted by atomic mass is 10.0. The van der Waals surface area contributed by atoms with E-state index in [0.29, 0.717) is 10.6 Å². The van der Waals surface area contributed by atoms with Gasteiger partial charge in [-0.3, -0.25) is 4.79 Å². The molecule has 1 nitrogen and oxygen atoms in total. The summed E-state index contributed by atoms with van der Waals surface area (Å²) in [6.07, 6.45) is 0.0677. The van der Waals surface area contributed by atoms with E-state index in [-0.39, 0.29) is 22.8 Å². The Kier molecular flexibility index (Phi) is 4.00. The first-order chi connectivity index (χ1) is 8.58. The van der Waals surface area contributed by atoms with E-state index in [2.05, 4.69) is 0 Å². The summed E-state index contributed by atoms with van der Waals surface area (Å²) >= 11 is 11.6. The number of hydrogen-bond acceptors (Lipinski definition) is 1. The molecule has 0 aliphatic rings. The first-order valence-electron chi connectivity index (χ1n) is 5.29. The summed E-state index contributed by atoms with van der Waals surface area (Å²) in [6.45, 7) is 0. The van der Waals surface area contributed by atoms with Crippen LogP contribution in [0.15, 0.2) is 42.5 Å². The molecule has 0 fully saturated rings. The highest BCUT2D eigenvalue weighted by atomic mass is 35.5. The van der Waals surface area contributed by atoms with Gasteiger partial charge < -0.3 is 0 Å². The lowest BCUT2D eigenvalue weighted by Gasteiger charge is -2.05. The Morgan fingerprint density at radius 2 is 1.83 bits per heavy atom. The Hall–Kier alpha value is -1.38. The third kappa shape index (κ3) is 2.89. The number of carbonyl (C=O) groups excluding carboxylic acids is 1. The van der Waals surface area contributed by atoms with Crippen LogP contribution in [-0.2, 0) is 6.42 Å². The second kappa shape index (κ2) is 5.51. The number of hydrogen-bond donors (Lipinski definition) is 0. The molecule has 18 heavy (non-hydrogen) atoms. The first kappa shape index (κ1) is 13.1. The summed E-state index contributed by atoms with van der Waals surface area (Å²) in [5.41, 5.74) is 0.706. The van der Waals surface area contributed by atoms with Crippen LogP contribution in [0.2, 0.25) is 10.0 Å². The van der Waals surface area contributed by atoms with Crippen molar-refractivity contribution in [3.8, 4) is 0 Å². The molecule has 0 saturated heterocycles. The van der Waals surface area contributed by atoms with Gasteiger partial charge >= 0.3 is 0 Å². The van der Waals surface area contributed by atoms with Crippen molar-refractivity contribution in [3.05, 3.63) is 69.5 Å². The van der Waals surface area contributed by atoms with Crippen molar-refractivity contribution in [1.29, 1.82) is 0 Å². The molecular weight excluding hydrogens is 274 g/mol. The van der Waals surface area contributed by atoms with Gasteiger partial charge in [0, 0.05) is 16.5 Å². The Balaban J connectivity index is 2.25. The zero-order valence-corrected chi connectivity index (χ0v) is 10.8. The van der Waals surface area contributed by atoms with Gasteiger partial charge in [-0.15, -0.1) is 0 Å². The number of benzene rings is 2. The van der Waals surface area contributed by atoms with Crippen molar-refractivity contribution < 1.29 is 9.18 Å². The summed E-state index contributed by atoms with van der Waals surface area (Å²) in [7, 11) is 0. The lowest BCUT2D eigenvalue weighted by molar-refractivity contribution is 0.0989. The topological polar surface area (TPSA) is 17.1 Å². The molecule has 0 aliphatic heterocycles. The standard InChI is InChI=1S/C14H9Cl2FO/c15-10-5-6-11(13(17)8-10)14(18)7-9-3-1-2-4-12(9)16/h1-6,8H,7H2. The fourth-order valence-corrected chi connectivity index (χ4v) is 1.99. The Labute approximate surface area is 114 Å². The molecule has 0 spiro atoms. The molecule has 0 atom stereocenters. The third-order valence-corrected chi connectivity index (χ3v) is 3.14. The van der Waals surface area contributed by atoms with Crippen LogP contribution < -0.4 is 0 Å². The van der Waals surface area contributed by atoms with E-state index in [1.54, 1.807) is 24.3 Å². The fraction of sp³-hybridized carbons (Fsp3) is 0.0714. The maximum absolute atomic E-state index is 13.6. The summed E-state index contributed by atoms with van der Waals surface area (Å²) in [4.78, 5) is 12.0. The zero-order chi connectivity index (χ0) is 13.1. The van der Waals surface area contributed by atoms with Gasteiger partial charge in [-0.25, -0.2) is 4.39 Å². The van der Waals surface area contributed by atoms with E-state index in [1.165, 1.54) is 12.1 Å². The molecule has 0 radical (unpaired) electrons. The lowest BCUT2D eigenvalue weighted by Crippen LogP contribution is -2.06. The second-order valence-electron chi connectivity index (χ2n) is 3.82. The number of carbonyl (C=O) groups is 1. The van der Waals surface area contributed by atoms with Crippen LogP contribution in [0.5, 0.6) is 0 Å². The van der Waals surface area contributed by atoms with Gasteiger partial charge in [-0.1, -0.05) is 41.4 Å². The molecule has 0 heterocycles. The van der Waals surface area contributed by atoms with Gasteiger partial charge in [0.25, 0.3) is 0 Å². The highest BCUT2D eigenvalue weighted by Gasteiger charge is 2.13. The minimum Gasteiger partial charge on any atom is -0.294 e. The summed E-state index contributed by atoms with van der Waals surface area (Å²) in [5, 5.41) is 0.766. The van der Waals surface area contributed by atoms with Crippen LogP contribution >= 0.6 is 23.2 Å². The molecule has 92 valence electrons. The first-order valence-corrected chi connectivity index (χ1v) is 6.05. The Morgan fingerprint density at radius 1 is 1.11 bits per heavy atom. The van der Waals surface area contributed by atoms with Crippen molar-refractivity contribution in [2.24, 2.45) is 0 Å². The largest absolute Gasteiger partial charge is 0.294 e. The Morgan fingerprint density at radius 3 is 2.50 bits per heavy atom. The van der Waals surface area contributed by atoms with Crippen molar-refractivity contribution in [1.82, 2.24) is 0 Å². The summed E-state index contributed by atoms with van der Waals surface area (Å²) < 4.78 is 13.6. The maximum Gasteiger partial charge on any atom is 0.170 e. The number of halogens is 3. The van der Waals surface area contributed by atoms with Crippen molar-refractivity contribution in [2.45, 2.75) is 6.42 Å². The van der Waals surface area contributed by atoms with Crippen LogP contribution in [-0.4, -0.2) is 5.78 Å². The summed E-state index contributed by atoms with van der Waals surface area (Å²) in [6, 6.07) is 11.0. The monoisotopic (exact) mass is 282 g/mol. The molecule has 0 aliphatic carbocycles. The maximum atomic E-state index is 13.6. The van der Waals surface area contributed by atoms with E-state index >= 15 is 0 Å². The van der Waals surface area contributed by atoms with Crippen LogP contribution in [0.1, 0.15) is 15.9 Å². The van der Waals surface area contributed by atoms with Crippen LogP contribution in [0.25, 0.3) is 0 Å². The third-order valence-electron chi connectivity index (χ3n) is 2.54. The van der Waals surface area contributed by atoms with E-state index in [4.69, 9.17) is 23.2 Å². The molecule has 0 bridgehead atoms. The highest BCUT2D eigenvalue weighted by molar-refractivity contribution is 6.31. The van der Waals surface area contributed by atoms with Gasteiger partial charge in [-0.2, -0.15) is 0 Å². The van der Waals surface area contributed by atoms with E-state index < -0.39 is 5.82 Å². The zero-order valence-electron chi connectivity index (χ0n) is 9.29. The predicted molar refractivity (Wildman–Crippen MR) is 70.9 cm³/mol. The van der Waals surface area contributed by atoms with Gasteiger partial charge in [0.1, 0.15) is 5.82 Å². The van der Waals surface area contributed by atoms with Gasteiger partial charge in [0.15, 0.2) is 5.78 Å². The molecule has 2 aromatic carbocycles. The number of Topliss-reactive ketones (excluding diaryl/α,β-unsaturated/α-hetero) is 1.